The number of carbonyl (C=O) groups excluding carboxylic acids is 2. The first kappa shape index (κ1) is 17.7. The fraction of sp³-hybridized carbons (Fsp3) is 0.400. The molecule has 0 saturated carbocycles. The van der Waals surface area contributed by atoms with Crippen LogP contribution >= 0.6 is 23.5 Å². The summed E-state index contributed by atoms with van der Waals surface area (Å²) in [5.41, 5.74) is 0.574. The van der Waals surface area contributed by atoms with Gasteiger partial charge in [0, 0.05) is 23.6 Å². The highest BCUT2D eigenvalue weighted by Crippen LogP contribution is 2.23. The van der Waals surface area contributed by atoms with E-state index in [0.29, 0.717) is 29.5 Å². The summed E-state index contributed by atoms with van der Waals surface area (Å²) in [7, 11) is 0. The number of carboxylic acid groups (broad SMARTS) is 1. The van der Waals surface area contributed by atoms with Gasteiger partial charge in [-0.15, -0.1) is 23.5 Å². The maximum absolute atomic E-state index is 12.5. The SMILES string of the molecule is O=C(O)CSCCNC(=O)C1CSCN1C(=O)c1ccccc1. The van der Waals surface area contributed by atoms with E-state index in [2.05, 4.69) is 5.32 Å². The molecular formula is C15H18N2O4S2. The maximum atomic E-state index is 12.5. The molecule has 2 rings (SSSR count). The summed E-state index contributed by atoms with van der Waals surface area (Å²) >= 11 is 2.80. The monoisotopic (exact) mass is 354 g/mol. The summed E-state index contributed by atoms with van der Waals surface area (Å²) in [5, 5.41) is 11.3. The van der Waals surface area contributed by atoms with Crippen molar-refractivity contribution in [2.75, 3.05) is 29.7 Å². The average molecular weight is 354 g/mol. The van der Waals surface area contributed by atoms with E-state index < -0.39 is 12.0 Å². The Kier molecular flexibility index (Phi) is 6.79. The Hall–Kier alpha value is -1.67. The van der Waals surface area contributed by atoms with Crippen LogP contribution in [0.15, 0.2) is 30.3 Å². The Balaban J connectivity index is 1.84. The van der Waals surface area contributed by atoms with Crippen LogP contribution in [-0.2, 0) is 9.59 Å². The highest BCUT2D eigenvalue weighted by molar-refractivity contribution is 8.00. The first-order valence-corrected chi connectivity index (χ1v) is 9.41. The molecule has 0 aromatic heterocycles. The molecule has 1 atom stereocenters. The van der Waals surface area contributed by atoms with E-state index in [1.807, 2.05) is 6.07 Å². The summed E-state index contributed by atoms with van der Waals surface area (Å²) in [4.78, 5) is 36.7. The minimum Gasteiger partial charge on any atom is -0.481 e. The Morgan fingerprint density at radius 1 is 1.30 bits per heavy atom. The third kappa shape index (κ3) is 5.18. The van der Waals surface area contributed by atoms with Crippen LogP contribution in [0.3, 0.4) is 0 Å². The smallest absolute Gasteiger partial charge is 0.313 e. The predicted molar refractivity (Wildman–Crippen MR) is 91.7 cm³/mol. The molecule has 1 aromatic carbocycles. The molecule has 1 heterocycles. The molecule has 23 heavy (non-hydrogen) atoms. The van der Waals surface area contributed by atoms with E-state index in [1.54, 1.807) is 40.9 Å². The molecule has 1 aromatic rings. The van der Waals surface area contributed by atoms with Crippen molar-refractivity contribution in [2.45, 2.75) is 6.04 Å². The standard InChI is InChI=1S/C15H18N2O4S2/c18-13(19)9-22-7-6-16-14(20)12-8-23-10-17(12)15(21)11-4-2-1-3-5-11/h1-5,12H,6-10H2,(H,16,20)(H,18,19). The number of rotatable bonds is 7. The third-order valence-electron chi connectivity index (χ3n) is 3.24. The van der Waals surface area contributed by atoms with E-state index in [-0.39, 0.29) is 17.6 Å². The lowest BCUT2D eigenvalue weighted by atomic mass is 10.1. The number of amides is 2. The van der Waals surface area contributed by atoms with Gasteiger partial charge in [-0.05, 0) is 12.1 Å². The number of nitrogens with zero attached hydrogens (tertiary/aromatic N) is 1. The minimum atomic E-state index is -0.867. The summed E-state index contributed by atoms with van der Waals surface area (Å²) in [6.45, 7) is 0.394. The van der Waals surface area contributed by atoms with Crippen molar-refractivity contribution in [3.8, 4) is 0 Å². The number of hydrogen-bond donors (Lipinski definition) is 2. The predicted octanol–water partition coefficient (Wildman–Crippen LogP) is 1.14. The van der Waals surface area contributed by atoms with Gasteiger partial charge in [0.1, 0.15) is 6.04 Å². The van der Waals surface area contributed by atoms with Gasteiger partial charge in [-0.1, -0.05) is 18.2 Å². The number of thioether (sulfide) groups is 2. The normalized spacial score (nSPS) is 17.0. The van der Waals surface area contributed by atoms with Crippen LogP contribution in [0.4, 0.5) is 0 Å². The lowest BCUT2D eigenvalue weighted by Gasteiger charge is -2.23. The number of nitrogens with one attached hydrogen (secondary N) is 1. The fourth-order valence-corrected chi connectivity index (χ4v) is 3.85. The van der Waals surface area contributed by atoms with Crippen LogP contribution in [0.1, 0.15) is 10.4 Å². The van der Waals surface area contributed by atoms with Crippen LogP contribution in [0.5, 0.6) is 0 Å². The molecule has 2 amide bonds. The van der Waals surface area contributed by atoms with Gasteiger partial charge in [0.15, 0.2) is 0 Å². The van der Waals surface area contributed by atoms with E-state index in [1.165, 1.54) is 11.8 Å². The van der Waals surface area contributed by atoms with Gasteiger partial charge in [0.25, 0.3) is 5.91 Å². The molecule has 0 bridgehead atoms. The molecular weight excluding hydrogens is 336 g/mol. The zero-order chi connectivity index (χ0) is 16.7. The van der Waals surface area contributed by atoms with Crippen molar-refractivity contribution in [1.29, 1.82) is 0 Å². The third-order valence-corrected chi connectivity index (χ3v) is 5.19. The summed E-state index contributed by atoms with van der Waals surface area (Å²) in [5.74, 6) is 0.434. The zero-order valence-electron chi connectivity index (χ0n) is 12.4. The second kappa shape index (κ2) is 8.83. The van der Waals surface area contributed by atoms with Gasteiger partial charge in [-0.2, -0.15) is 0 Å². The maximum Gasteiger partial charge on any atom is 0.313 e. The number of benzene rings is 1. The van der Waals surface area contributed by atoms with Crippen LogP contribution in [0, 0.1) is 0 Å². The summed E-state index contributed by atoms with van der Waals surface area (Å²) < 4.78 is 0. The lowest BCUT2D eigenvalue weighted by Crippen LogP contribution is -2.47. The highest BCUT2D eigenvalue weighted by atomic mass is 32.2. The van der Waals surface area contributed by atoms with E-state index in [4.69, 9.17) is 5.11 Å². The van der Waals surface area contributed by atoms with Crippen LogP contribution in [-0.4, -0.2) is 63.5 Å². The van der Waals surface area contributed by atoms with Crippen molar-refractivity contribution in [3.63, 3.8) is 0 Å². The highest BCUT2D eigenvalue weighted by Gasteiger charge is 2.34. The molecule has 8 heteroatoms. The van der Waals surface area contributed by atoms with Gasteiger partial charge in [0.05, 0.1) is 11.6 Å². The largest absolute Gasteiger partial charge is 0.481 e. The van der Waals surface area contributed by atoms with Crippen molar-refractivity contribution in [1.82, 2.24) is 10.2 Å². The van der Waals surface area contributed by atoms with E-state index in [0.717, 1.165) is 0 Å². The summed E-state index contributed by atoms with van der Waals surface area (Å²) in [6.07, 6.45) is 0. The molecule has 0 spiro atoms. The second-order valence-corrected chi connectivity index (χ2v) is 7.00. The van der Waals surface area contributed by atoms with Gasteiger partial charge >= 0.3 is 5.97 Å². The molecule has 2 N–H and O–H groups in total. The topological polar surface area (TPSA) is 86.7 Å². The average Bonchev–Trinajstić information content (AvgIpc) is 3.04. The van der Waals surface area contributed by atoms with E-state index >= 15 is 0 Å². The molecule has 1 aliphatic rings. The summed E-state index contributed by atoms with van der Waals surface area (Å²) in [6, 6.07) is 8.44. The molecule has 1 saturated heterocycles. The zero-order valence-corrected chi connectivity index (χ0v) is 14.1. The molecule has 124 valence electrons. The van der Waals surface area contributed by atoms with Crippen molar-refractivity contribution >= 4 is 41.3 Å². The Morgan fingerprint density at radius 2 is 2.04 bits per heavy atom. The molecule has 6 nitrogen and oxygen atoms in total. The molecule has 1 aliphatic heterocycles. The van der Waals surface area contributed by atoms with Crippen LogP contribution in [0.2, 0.25) is 0 Å². The Bertz CT molecular complexity index is 568. The van der Waals surface area contributed by atoms with Crippen LogP contribution in [0.25, 0.3) is 0 Å². The molecule has 1 unspecified atom stereocenters. The quantitative estimate of drug-likeness (QED) is 0.714. The van der Waals surface area contributed by atoms with Crippen molar-refractivity contribution < 1.29 is 19.5 Å². The lowest BCUT2D eigenvalue weighted by molar-refractivity contribution is -0.133. The molecule has 1 fully saturated rings. The van der Waals surface area contributed by atoms with Crippen molar-refractivity contribution in [3.05, 3.63) is 35.9 Å². The second-order valence-electron chi connectivity index (χ2n) is 4.89. The first-order valence-electron chi connectivity index (χ1n) is 7.10. The number of aliphatic carboxylic acids is 1. The number of carboxylic acids is 1. The molecule has 0 radical (unpaired) electrons. The van der Waals surface area contributed by atoms with Gasteiger partial charge < -0.3 is 15.3 Å². The Morgan fingerprint density at radius 3 is 2.74 bits per heavy atom. The fourth-order valence-electron chi connectivity index (χ4n) is 2.13. The first-order chi connectivity index (χ1) is 11.1. The Labute approximate surface area is 143 Å². The van der Waals surface area contributed by atoms with Crippen LogP contribution < -0.4 is 5.32 Å². The van der Waals surface area contributed by atoms with Gasteiger partial charge in [-0.25, -0.2) is 0 Å². The molecule has 0 aliphatic carbocycles. The van der Waals surface area contributed by atoms with E-state index in [9.17, 15) is 14.4 Å². The van der Waals surface area contributed by atoms with Crippen molar-refractivity contribution in [2.24, 2.45) is 0 Å². The number of carbonyl (C=O) groups is 3. The van der Waals surface area contributed by atoms with Gasteiger partial charge in [-0.3, -0.25) is 14.4 Å². The number of hydrogen-bond acceptors (Lipinski definition) is 5. The van der Waals surface area contributed by atoms with Gasteiger partial charge in [0.2, 0.25) is 5.91 Å². The minimum absolute atomic E-state index is 0.0216.